The van der Waals surface area contributed by atoms with Crippen molar-refractivity contribution in [2.24, 2.45) is 0 Å². The smallest absolute Gasteiger partial charge is 0.239 e. The Kier molecular flexibility index (Phi) is 6.96. The molecule has 130 valence electrons. The van der Waals surface area contributed by atoms with E-state index in [2.05, 4.69) is 5.32 Å². The van der Waals surface area contributed by atoms with E-state index in [0.29, 0.717) is 29.3 Å². The zero-order valence-electron chi connectivity index (χ0n) is 12.8. The number of hydrogen-bond donors (Lipinski definition) is 2. The van der Waals surface area contributed by atoms with Crippen LogP contribution in [0.4, 0.5) is 11.4 Å². The summed E-state index contributed by atoms with van der Waals surface area (Å²) in [5.41, 5.74) is 6.41. The van der Waals surface area contributed by atoms with Crippen LogP contribution < -0.4 is 20.5 Å². The van der Waals surface area contributed by atoms with E-state index in [1.165, 1.54) is 12.1 Å². The minimum absolute atomic E-state index is 0. The molecular weight excluding hydrogens is 344 g/mol. The Morgan fingerprint density at radius 3 is 2.57 bits per heavy atom. The quantitative estimate of drug-likeness (QED) is 0.565. The molecule has 0 saturated heterocycles. The van der Waals surface area contributed by atoms with E-state index in [0.717, 1.165) is 12.8 Å². The number of carbonyl (C=O) groups is 1. The number of fused-ring (bicyclic) bond motifs is 1. The number of anilines is 2. The maximum absolute atomic E-state index is 11.9. The number of nitrogens with two attached hydrogens (primary N) is 1. The molecule has 3 N–H and O–H groups in total. The molecule has 0 spiro atoms. The molecular formula is C14H21ClN2O5S. The van der Waals surface area contributed by atoms with Crippen molar-refractivity contribution in [3.63, 3.8) is 0 Å². The second-order valence-electron chi connectivity index (χ2n) is 5.14. The van der Waals surface area contributed by atoms with E-state index in [4.69, 9.17) is 15.2 Å². The molecule has 9 heteroatoms. The van der Waals surface area contributed by atoms with Crippen LogP contribution in [0, 0.1) is 0 Å². The fourth-order valence-corrected chi connectivity index (χ4v) is 3.36. The summed E-state index contributed by atoms with van der Waals surface area (Å²) in [5, 5.41) is 2.51. The summed E-state index contributed by atoms with van der Waals surface area (Å²) in [7, 11) is -3.41. The summed E-state index contributed by atoms with van der Waals surface area (Å²) in [4.78, 5) is 11.9. The van der Waals surface area contributed by atoms with E-state index in [1.807, 2.05) is 6.92 Å². The van der Waals surface area contributed by atoms with Crippen molar-refractivity contribution in [2.75, 3.05) is 29.3 Å². The molecule has 0 fully saturated rings. The molecule has 0 radical (unpaired) electrons. The van der Waals surface area contributed by atoms with Crippen molar-refractivity contribution in [2.45, 2.75) is 26.2 Å². The normalized spacial score (nSPS) is 12.6. The lowest BCUT2D eigenvalue weighted by Crippen LogP contribution is -2.25. The molecule has 1 aliphatic heterocycles. The van der Waals surface area contributed by atoms with Gasteiger partial charge in [0.2, 0.25) is 12.7 Å². The third-order valence-corrected chi connectivity index (χ3v) is 4.84. The summed E-state index contributed by atoms with van der Waals surface area (Å²) in [6.07, 6.45) is 2.32. The zero-order valence-corrected chi connectivity index (χ0v) is 14.5. The molecule has 2 rings (SSSR count). The first kappa shape index (κ1) is 19.4. The van der Waals surface area contributed by atoms with Gasteiger partial charge in [-0.1, -0.05) is 19.8 Å². The van der Waals surface area contributed by atoms with Crippen LogP contribution >= 0.6 is 12.4 Å². The van der Waals surface area contributed by atoms with Crippen LogP contribution in [0.2, 0.25) is 0 Å². The Morgan fingerprint density at radius 2 is 1.91 bits per heavy atom. The Labute approximate surface area is 141 Å². The first-order chi connectivity index (χ1) is 10.4. The van der Waals surface area contributed by atoms with Crippen molar-refractivity contribution in [3.8, 4) is 11.5 Å². The highest BCUT2D eigenvalue weighted by molar-refractivity contribution is 7.92. The molecule has 0 aromatic heterocycles. The Morgan fingerprint density at radius 1 is 1.26 bits per heavy atom. The van der Waals surface area contributed by atoms with Crippen molar-refractivity contribution < 1.29 is 22.7 Å². The molecule has 0 aliphatic carbocycles. The minimum Gasteiger partial charge on any atom is -0.454 e. The molecule has 0 unspecified atom stereocenters. The van der Waals surface area contributed by atoms with Crippen LogP contribution in [-0.4, -0.2) is 32.6 Å². The van der Waals surface area contributed by atoms with Crippen LogP contribution in [0.5, 0.6) is 11.5 Å². The summed E-state index contributed by atoms with van der Waals surface area (Å²) in [5.74, 6) is -0.171. The molecule has 23 heavy (non-hydrogen) atoms. The number of nitrogen functional groups attached to an aromatic ring is 1. The highest BCUT2D eigenvalue weighted by atomic mass is 35.5. The number of carbonyl (C=O) groups excluding carboxylic acids is 1. The predicted molar refractivity (Wildman–Crippen MR) is 91.0 cm³/mol. The van der Waals surface area contributed by atoms with Gasteiger partial charge in [-0.2, -0.15) is 0 Å². The molecule has 1 amide bonds. The van der Waals surface area contributed by atoms with E-state index >= 15 is 0 Å². The monoisotopic (exact) mass is 364 g/mol. The maximum atomic E-state index is 11.9. The largest absolute Gasteiger partial charge is 0.454 e. The second kappa shape index (κ2) is 8.26. The van der Waals surface area contributed by atoms with E-state index in [1.54, 1.807) is 0 Å². The Balaban J connectivity index is 0.00000264. The van der Waals surface area contributed by atoms with Gasteiger partial charge in [0.05, 0.1) is 17.1 Å². The SMILES string of the molecule is CCCCCS(=O)(=O)CC(=O)Nc1cc2c(cc1N)OCO2.Cl. The second-order valence-corrected chi connectivity index (χ2v) is 7.32. The first-order valence-electron chi connectivity index (χ1n) is 7.10. The number of benzene rings is 1. The first-order valence-corrected chi connectivity index (χ1v) is 8.93. The van der Waals surface area contributed by atoms with E-state index < -0.39 is 21.5 Å². The molecule has 1 heterocycles. The van der Waals surface area contributed by atoms with Crippen LogP contribution in [-0.2, 0) is 14.6 Å². The van der Waals surface area contributed by atoms with E-state index in [-0.39, 0.29) is 25.0 Å². The number of ether oxygens (including phenoxy) is 2. The molecule has 1 aliphatic rings. The highest BCUT2D eigenvalue weighted by Crippen LogP contribution is 2.38. The highest BCUT2D eigenvalue weighted by Gasteiger charge is 2.20. The zero-order chi connectivity index (χ0) is 16.2. The van der Waals surface area contributed by atoms with Crippen LogP contribution in [0.25, 0.3) is 0 Å². The van der Waals surface area contributed by atoms with Gasteiger partial charge in [-0.25, -0.2) is 8.42 Å². The molecule has 0 bridgehead atoms. The number of hydrogen-bond acceptors (Lipinski definition) is 6. The lowest BCUT2D eigenvalue weighted by molar-refractivity contribution is -0.113. The van der Waals surface area contributed by atoms with Gasteiger partial charge >= 0.3 is 0 Å². The summed E-state index contributed by atoms with van der Waals surface area (Å²) in [6, 6.07) is 3.06. The lowest BCUT2D eigenvalue weighted by Gasteiger charge is -2.09. The number of unbranched alkanes of at least 4 members (excludes halogenated alkanes) is 2. The van der Waals surface area contributed by atoms with Crippen LogP contribution in [0.1, 0.15) is 26.2 Å². The van der Waals surface area contributed by atoms with Crippen molar-refractivity contribution in [3.05, 3.63) is 12.1 Å². The lowest BCUT2D eigenvalue weighted by atomic mass is 10.2. The summed E-state index contributed by atoms with van der Waals surface area (Å²) >= 11 is 0. The summed E-state index contributed by atoms with van der Waals surface area (Å²) in [6.45, 7) is 2.08. The standard InChI is InChI=1S/C14H20N2O5S.ClH/c1-2-3-4-5-22(18,19)8-14(17)16-11-7-13-12(6-10(11)15)20-9-21-13;/h6-7H,2-5,8-9,15H2,1H3,(H,16,17);1H. The van der Waals surface area contributed by atoms with E-state index in [9.17, 15) is 13.2 Å². The van der Waals surface area contributed by atoms with Gasteiger partial charge < -0.3 is 20.5 Å². The Bertz CT molecular complexity index is 663. The fourth-order valence-electron chi connectivity index (χ4n) is 2.10. The van der Waals surface area contributed by atoms with Gasteiger partial charge in [0, 0.05) is 12.1 Å². The van der Waals surface area contributed by atoms with Crippen LogP contribution in [0.15, 0.2) is 12.1 Å². The molecule has 7 nitrogen and oxygen atoms in total. The van der Waals surface area contributed by atoms with Gasteiger partial charge in [-0.05, 0) is 6.42 Å². The average molecular weight is 365 g/mol. The maximum Gasteiger partial charge on any atom is 0.239 e. The number of nitrogens with one attached hydrogen (secondary N) is 1. The average Bonchev–Trinajstić information content (AvgIpc) is 2.85. The predicted octanol–water partition coefficient (Wildman–Crippen LogP) is 1.96. The van der Waals surface area contributed by atoms with Crippen molar-refractivity contribution >= 4 is 39.5 Å². The topological polar surface area (TPSA) is 108 Å². The third kappa shape index (κ3) is 5.47. The third-order valence-electron chi connectivity index (χ3n) is 3.23. The van der Waals surface area contributed by atoms with Crippen LogP contribution in [0.3, 0.4) is 0 Å². The number of rotatable bonds is 7. The molecule has 0 atom stereocenters. The van der Waals surface area contributed by atoms with Crippen molar-refractivity contribution in [1.29, 1.82) is 0 Å². The van der Waals surface area contributed by atoms with Gasteiger partial charge in [-0.3, -0.25) is 4.79 Å². The molecule has 1 aromatic rings. The number of halogens is 1. The molecule has 1 aromatic carbocycles. The number of sulfone groups is 1. The Hall–Kier alpha value is -1.67. The van der Waals surface area contributed by atoms with Gasteiger partial charge in [0.1, 0.15) is 5.75 Å². The fraction of sp³-hybridized carbons (Fsp3) is 0.500. The summed E-state index contributed by atoms with van der Waals surface area (Å²) < 4.78 is 34.0. The van der Waals surface area contributed by atoms with Crippen molar-refractivity contribution in [1.82, 2.24) is 0 Å². The van der Waals surface area contributed by atoms with Gasteiger partial charge in [0.25, 0.3) is 0 Å². The van der Waals surface area contributed by atoms with Gasteiger partial charge in [-0.15, -0.1) is 12.4 Å². The number of amides is 1. The minimum atomic E-state index is -3.41. The van der Waals surface area contributed by atoms with Gasteiger partial charge in [0.15, 0.2) is 21.3 Å². The molecule has 0 saturated carbocycles.